The van der Waals surface area contributed by atoms with Gasteiger partial charge in [-0.2, -0.15) is 0 Å². The number of anilines is 1. The predicted octanol–water partition coefficient (Wildman–Crippen LogP) is 3.38. The van der Waals surface area contributed by atoms with Crippen molar-refractivity contribution >= 4 is 33.2 Å². The van der Waals surface area contributed by atoms with Gasteiger partial charge in [0, 0.05) is 47.3 Å². The third-order valence-corrected chi connectivity index (χ3v) is 4.44. The fourth-order valence-electron chi connectivity index (χ4n) is 2.24. The normalized spacial score (nSPS) is 21.9. The van der Waals surface area contributed by atoms with Crippen LogP contribution in [0.2, 0.25) is 5.02 Å². The standard InChI is InChI=1S/C13H18BrClN2/c1-10-9-17(7-6-16(10)2)13-5-3-4-12(15)11(13)8-14/h3-5,10H,6-9H2,1-2H3. The Balaban J connectivity index is 2.25. The molecule has 0 aromatic heterocycles. The molecule has 1 heterocycles. The van der Waals surface area contributed by atoms with Gasteiger partial charge in [0.1, 0.15) is 0 Å². The van der Waals surface area contributed by atoms with E-state index in [1.165, 1.54) is 11.3 Å². The highest BCUT2D eigenvalue weighted by atomic mass is 79.9. The van der Waals surface area contributed by atoms with E-state index < -0.39 is 0 Å². The van der Waals surface area contributed by atoms with Crippen molar-refractivity contribution in [2.45, 2.75) is 18.3 Å². The number of hydrogen-bond acceptors (Lipinski definition) is 2. The summed E-state index contributed by atoms with van der Waals surface area (Å²) in [4.78, 5) is 4.84. The third-order valence-electron chi connectivity index (χ3n) is 3.53. The first-order chi connectivity index (χ1) is 8.13. The van der Waals surface area contributed by atoms with Crippen LogP contribution in [0.4, 0.5) is 5.69 Å². The molecule has 0 N–H and O–H groups in total. The first-order valence-electron chi connectivity index (χ1n) is 5.92. The topological polar surface area (TPSA) is 6.48 Å². The lowest BCUT2D eigenvalue weighted by Gasteiger charge is -2.39. The van der Waals surface area contributed by atoms with E-state index in [9.17, 15) is 0 Å². The molecule has 1 unspecified atom stereocenters. The second kappa shape index (κ2) is 5.59. The first kappa shape index (κ1) is 13.2. The zero-order valence-electron chi connectivity index (χ0n) is 10.3. The van der Waals surface area contributed by atoms with Crippen LogP contribution in [0.25, 0.3) is 0 Å². The number of likely N-dealkylation sites (N-methyl/N-ethyl adjacent to an activating group) is 1. The summed E-state index contributed by atoms with van der Waals surface area (Å²) < 4.78 is 0. The van der Waals surface area contributed by atoms with E-state index in [0.29, 0.717) is 6.04 Å². The summed E-state index contributed by atoms with van der Waals surface area (Å²) in [6.45, 7) is 5.51. The number of alkyl halides is 1. The molecule has 17 heavy (non-hydrogen) atoms. The number of piperazine rings is 1. The number of rotatable bonds is 2. The summed E-state index contributed by atoms with van der Waals surface area (Å²) in [5.41, 5.74) is 2.47. The molecule has 2 nitrogen and oxygen atoms in total. The highest BCUT2D eigenvalue weighted by Crippen LogP contribution is 2.30. The lowest BCUT2D eigenvalue weighted by atomic mass is 10.1. The monoisotopic (exact) mass is 316 g/mol. The summed E-state index contributed by atoms with van der Waals surface area (Å²) >= 11 is 9.78. The van der Waals surface area contributed by atoms with Gasteiger partial charge in [-0.25, -0.2) is 0 Å². The average Bonchev–Trinajstić information content (AvgIpc) is 2.32. The minimum absolute atomic E-state index is 0.589. The molecular formula is C13H18BrClN2. The molecule has 1 aliphatic heterocycles. The summed E-state index contributed by atoms with van der Waals surface area (Å²) in [7, 11) is 2.19. The van der Waals surface area contributed by atoms with Crippen LogP contribution in [-0.2, 0) is 5.33 Å². The largest absolute Gasteiger partial charge is 0.368 e. The van der Waals surface area contributed by atoms with Gasteiger partial charge in [0.05, 0.1) is 0 Å². The van der Waals surface area contributed by atoms with Gasteiger partial charge in [-0.1, -0.05) is 33.6 Å². The molecule has 0 aliphatic carbocycles. The molecule has 1 aromatic carbocycles. The molecule has 1 aromatic rings. The van der Waals surface area contributed by atoms with Gasteiger partial charge < -0.3 is 9.80 Å². The fraction of sp³-hybridized carbons (Fsp3) is 0.538. The van der Waals surface area contributed by atoms with E-state index in [1.807, 2.05) is 12.1 Å². The van der Waals surface area contributed by atoms with Crippen LogP contribution in [0.15, 0.2) is 18.2 Å². The van der Waals surface area contributed by atoms with Crippen molar-refractivity contribution in [3.63, 3.8) is 0 Å². The van der Waals surface area contributed by atoms with Crippen molar-refractivity contribution in [2.24, 2.45) is 0 Å². The molecule has 1 saturated heterocycles. The van der Waals surface area contributed by atoms with E-state index in [2.05, 4.69) is 45.8 Å². The molecule has 0 spiro atoms. The van der Waals surface area contributed by atoms with Crippen LogP contribution >= 0.6 is 27.5 Å². The van der Waals surface area contributed by atoms with Crippen molar-refractivity contribution in [1.29, 1.82) is 0 Å². The van der Waals surface area contributed by atoms with Crippen LogP contribution in [0, 0.1) is 0 Å². The summed E-state index contributed by atoms with van der Waals surface area (Å²) in [5.74, 6) is 0. The molecule has 0 amide bonds. The van der Waals surface area contributed by atoms with Crippen LogP contribution in [0.1, 0.15) is 12.5 Å². The number of hydrogen-bond donors (Lipinski definition) is 0. The number of benzene rings is 1. The predicted molar refractivity (Wildman–Crippen MR) is 78.4 cm³/mol. The smallest absolute Gasteiger partial charge is 0.0467 e. The van der Waals surface area contributed by atoms with Gasteiger partial charge in [0.15, 0.2) is 0 Å². The Morgan fingerprint density at radius 1 is 1.41 bits per heavy atom. The molecule has 4 heteroatoms. The quantitative estimate of drug-likeness (QED) is 0.772. The zero-order valence-corrected chi connectivity index (χ0v) is 12.6. The highest BCUT2D eigenvalue weighted by molar-refractivity contribution is 9.08. The maximum atomic E-state index is 6.25. The molecule has 0 radical (unpaired) electrons. The third kappa shape index (κ3) is 2.78. The second-order valence-electron chi connectivity index (χ2n) is 4.65. The lowest BCUT2D eigenvalue weighted by Crippen LogP contribution is -2.50. The zero-order chi connectivity index (χ0) is 12.4. The minimum atomic E-state index is 0.589. The van der Waals surface area contributed by atoms with E-state index in [1.54, 1.807) is 0 Å². The van der Waals surface area contributed by atoms with E-state index in [0.717, 1.165) is 30.0 Å². The van der Waals surface area contributed by atoms with Gasteiger partial charge in [0.25, 0.3) is 0 Å². The van der Waals surface area contributed by atoms with Crippen LogP contribution in [0.3, 0.4) is 0 Å². The van der Waals surface area contributed by atoms with Crippen LogP contribution in [0.5, 0.6) is 0 Å². The van der Waals surface area contributed by atoms with Crippen molar-refractivity contribution in [2.75, 3.05) is 31.6 Å². The summed E-state index contributed by atoms with van der Waals surface area (Å²) in [5, 5.41) is 1.66. The van der Waals surface area contributed by atoms with E-state index in [-0.39, 0.29) is 0 Å². The molecule has 0 saturated carbocycles. The van der Waals surface area contributed by atoms with Crippen molar-refractivity contribution in [1.82, 2.24) is 4.90 Å². The van der Waals surface area contributed by atoms with Crippen LogP contribution in [-0.4, -0.2) is 37.6 Å². The first-order valence-corrected chi connectivity index (χ1v) is 7.42. The molecule has 2 rings (SSSR count). The van der Waals surface area contributed by atoms with Crippen LogP contribution < -0.4 is 4.90 Å². The van der Waals surface area contributed by atoms with E-state index >= 15 is 0 Å². The SMILES string of the molecule is CC1CN(c2cccc(Cl)c2CBr)CCN1C. The molecule has 1 aliphatic rings. The number of nitrogens with zero attached hydrogens (tertiary/aromatic N) is 2. The average molecular weight is 318 g/mol. The van der Waals surface area contributed by atoms with Gasteiger partial charge in [-0.05, 0) is 26.1 Å². The lowest BCUT2D eigenvalue weighted by molar-refractivity contribution is 0.234. The Hall–Kier alpha value is -0.250. The second-order valence-corrected chi connectivity index (χ2v) is 5.61. The Morgan fingerprint density at radius 3 is 2.82 bits per heavy atom. The molecule has 0 bridgehead atoms. The van der Waals surface area contributed by atoms with Gasteiger partial charge >= 0.3 is 0 Å². The Bertz CT molecular complexity index is 397. The maximum absolute atomic E-state index is 6.25. The van der Waals surface area contributed by atoms with Gasteiger partial charge in [-0.15, -0.1) is 0 Å². The maximum Gasteiger partial charge on any atom is 0.0467 e. The summed E-state index contributed by atoms with van der Waals surface area (Å²) in [6, 6.07) is 6.75. The number of halogens is 2. The van der Waals surface area contributed by atoms with Gasteiger partial charge in [-0.3, -0.25) is 0 Å². The van der Waals surface area contributed by atoms with Crippen molar-refractivity contribution < 1.29 is 0 Å². The Kier molecular flexibility index (Phi) is 4.34. The highest BCUT2D eigenvalue weighted by Gasteiger charge is 2.22. The molecular weight excluding hydrogens is 300 g/mol. The van der Waals surface area contributed by atoms with Crippen molar-refractivity contribution in [3.05, 3.63) is 28.8 Å². The Morgan fingerprint density at radius 2 is 2.18 bits per heavy atom. The van der Waals surface area contributed by atoms with E-state index in [4.69, 9.17) is 11.6 Å². The summed E-state index contributed by atoms with van der Waals surface area (Å²) in [6.07, 6.45) is 0. The van der Waals surface area contributed by atoms with Gasteiger partial charge in [0.2, 0.25) is 0 Å². The fourth-order valence-corrected chi connectivity index (χ4v) is 3.23. The molecule has 1 atom stereocenters. The molecule has 1 fully saturated rings. The Labute approximate surface area is 117 Å². The molecule has 94 valence electrons. The minimum Gasteiger partial charge on any atom is -0.368 e. The van der Waals surface area contributed by atoms with Crippen molar-refractivity contribution in [3.8, 4) is 0 Å².